The number of aromatic hydroxyl groups is 1. The van der Waals surface area contributed by atoms with E-state index >= 15 is 0 Å². The average molecular weight is 209 g/mol. The summed E-state index contributed by atoms with van der Waals surface area (Å²) >= 11 is 1.97. The molecule has 2 rings (SSSR count). The molecule has 1 aliphatic heterocycles. The van der Waals surface area contributed by atoms with Gasteiger partial charge in [-0.25, -0.2) is 0 Å². The van der Waals surface area contributed by atoms with Gasteiger partial charge in [0.1, 0.15) is 5.75 Å². The van der Waals surface area contributed by atoms with Gasteiger partial charge in [-0.3, -0.25) is 0 Å². The van der Waals surface area contributed by atoms with E-state index < -0.39 is 0 Å². The van der Waals surface area contributed by atoms with Gasteiger partial charge in [0, 0.05) is 5.75 Å². The smallest absolute Gasteiger partial charge is 0.115 e. The number of nitrogens with two attached hydrogens (primary N) is 1. The fraction of sp³-hybridized carbons (Fsp3) is 0.455. The highest BCUT2D eigenvalue weighted by molar-refractivity contribution is 7.99. The van der Waals surface area contributed by atoms with Gasteiger partial charge in [-0.2, -0.15) is 11.8 Å². The van der Waals surface area contributed by atoms with E-state index in [1.165, 1.54) is 11.3 Å². The normalized spacial score (nSPS) is 26.6. The molecule has 1 heterocycles. The molecule has 2 atom stereocenters. The Balaban J connectivity index is 2.17. The van der Waals surface area contributed by atoms with E-state index in [-0.39, 0.29) is 0 Å². The standard InChI is InChI=1S/C11H15NOS/c12-5-9-6-14-7-11(9)8-1-3-10(13)4-2-8/h1-4,9,11,13H,5-7,12H2. The Kier molecular flexibility index (Phi) is 2.99. The molecule has 2 nitrogen and oxygen atoms in total. The Morgan fingerprint density at radius 3 is 2.64 bits per heavy atom. The van der Waals surface area contributed by atoms with E-state index in [4.69, 9.17) is 5.73 Å². The van der Waals surface area contributed by atoms with E-state index in [2.05, 4.69) is 0 Å². The van der Waals surface area contributed by atoms with Crippen molar-refractivity contribution in [2.45, 2.75) is 5.92 Å². The zero-order valence-electron chi connectivity index (χ0n) is 8.02. The minimum Gasteiger partial charge on any atom is -0.508 e. The molecule has 0 radical (unpaired) electrons. The Hall–Kier alpha value is -0.670. The minimum absolute atomic E-state index is 0.337. The summed E-state index contributed by atoms with van der Waals surface area (Å²) in [5.41, 5.74) is 7.04. The molecule has 14 heavy (non-hydrogen) atoms. The lowest BCUT2D eigenvalue weighted by Gasteiger charge is -2.16. The van der Waals surface area contributed by atoms with Gasteiger partial charge < -0.3 is 10.8 Å². The van der Waals surface area contributed by atoms with Crippen molar-refractivity contribution in [1.29, 1.82) is 0 Å². The second-order valence-corrected chi connectivity index (χ2v) is 4.81. The van der Waals surface area contributed by atoms with Crippen LogP contribution in [-0.2, 0) is 0 Å². The first kappa shape index (κ1) is 9.87. The SMILES string of the molecule is NCC1CSCC1c1ccc(O)cc1. The molecule has 1 aromatic carbocycles. The van der Waals surface area contributed by atoms with Crippen LogP contribution in [0.4, 0.5) is 0 Å². The van der Waals surface area contributed by atoms with Crippen LogP contribution < -0.4 is 5.73 Å². The molecule has 2 unspecified atom stereocenters. The monoisotopic (exact) mass is 209 g/mol. The van der Waals surface area contributed by atoms with E-state index in [1.54, 1.807) is 12.1 Å². The maximum atomic E-state index is 9.19. The zero-order chi connectivity index (χ0) is 9.97. The highest BCUT2D eigenvalue weighted by Gasteiger charge is 2.27. The van der Waals surface area contributed by atoms with Crippen LogP contribution in [0.2, 0.25) is 0 Å². The summed E-state index contributed by atoms with van der Waals surface area (Å²) in [5.74, 6) is 3.84. The lowest BCUT2D eigenvalue weighted by Crippen LogP contribution is -2.20. The second kappa shape index (κ2) is 4.24. The first-order valence-corrected chi connectivity index (χ1v) is 6.03. The van der Waals surface area contributed by atoms with E-state index in [9.17, 15) is 5.11 Å². The molecule has 76 valence electrons. The third-order valence-electron chi connectivity index (χ3n) is 2.82. The summed E-state index contributed by atoms with van der Waals surface area (Å²) in [6, 6.07) is 7.53. The Bertz CT molecular complexity index is 299. The lowest BCUT2D eigenvalue weighted by molar-refractivity contribution is 0.474. The van der Waals surface area contributed by atoms with Crippen LogP contribution >= 0.6 is 11.8 Å². The second-order valence-electron chi connectivity index (χ2n) is 3.73. The molecular weight excluding hydrogens is 194 g/mol. The molecule has 0 aromatic heterocycles. The van der Waals surface area contributed by atoms with Gasteiger partial charge in [0.25, 0.3) is 0 Å². The summed E-state index contributed by atoms with van der Waals surface area (Å²) in [4.78, 5) is 0. The predicted octanol–water partition coefficient (Wildman–Crippen LogP) is 1.80. The third-order valence-corrected chi connectivity index (χ3v) is 4.08. The van der Waals surface area contributed by atoms with Crippen molar-refractivity contribution in [2.24, 2.45) is 11.7 Å². The molecule has 0 aliphatic carbocycles. The quantitative estimate of drug-likeness (QED) is 0.780. The van der Waals surface area contributed by atoms with Crippen LogP contribution in [0.3, 0.4) is 0 Å². The van der Waals surface area contributed by atoms with Crippen molar-refractivity contribution in [1.82, 2.24) is 0 Å². The van der Waals surface area contributed by atoms with Crippen LogP contribution in [0.1, 0.15) is 11.5 Å². The summed E-state index contributed by atoms with van der Waals surface area (Å²) in [6.07, 6.45) is 0. The molecule has 0 amide bonds. The van der Waals surface area contributed by atoms with Crippen LogP contribution in [0.25, 0.3) is 0 Å². The number of rotatable bonds is 2. The van der Waals surface area contributed by atoms with Gasteiger partial charge in [0.05, 0.1) is 0 Å². The number of hydrogen-bond acceptors (Lipinski definition) is 3. The largest absolute Gasteiger partial charge is 0.508 e. The first-order chi connectivity index (χ1) is 6.81. The third kappa shape index (κ3) is 1.88. The summed E-state index contributed by atoms with van der Waals surface area (Å²) < 4.78 is 0. The van der Waals surface area contributed by atoms with Crippen LogP contribution in [-0.4, -0.2) is 23.2 Å². The van der Waals surface area contributed by atoms with Gasteiger partial charge in [0.2, 0.25) is 0 Å². The number of hydrogen-bond donors (Lipinski definition) is 2. The van der Waals surface area contributed by atoms with Crippen molar-refractivity contribution in [3.05, 3.63) is 29.8 Å². The molecular formula is C11H15NOS. The minimum atomic E-state index is 0.337. The van der Waals surface area contributed by atoms with Gasteiger partial charge >= 0.3 is 0 Å². The topological polar surface area (TPSA) is 46.2 Å². The van der Waals surface area contributed by atoms with Gasteiger partial charge in [-0.05, 0) is 41.8 Å². The predicted molar refractivity (Wildman–Crippen MR) is 60.7 cm³/mol. The molecule has 1 fully saturated rings. The van der Waals surface area contributed by atoms with Crippen LogP contribution in [0.5, 0.6) is 5.75 Å². The summed E-state index contributed by atoms with van der Waals surface area (Å²) in [5, 5.41) is 9.19. The zero-order valence-corrected chi connectivity index (χ0v) is 8.83. The van der Waals surface area contributed by atoms with Crippen molar-refractivity contribution in [3.63, 3.8) is 0 Å². The van der Waals surface area contributed by atoms with E-state index in [0.717, 1.165) is 12.3 Å². The average Bonchev–Trinajstić information content (AvgIpc) is 2.67. The van der Waals surface area contributed by atoms with E-state index in [1.807, 2.05) is 23.9 Å². The van der Waals surface area contributed by atoms with E-state index in [0.29, 0.717) is 17.6 Å². The molecule has 3 heteroatoms. The van der Waals surface area contributed by atoms with Crippen molar-refractivity contribution in [3.8, 4) is 5.75 Å². The Morgan fingerprint density at radius 1 is 1.29 bits per heavy atom. The van der Waals surface area contributed by atoms with Crippen molar-refractivity contribution < 1.29 is 5.11 Å². The molecule has 1 saturated heterocycles. The number of phenolic OH excluding ortho intramolecular Hbond substituents is 1. The number of thioether (sulfide) groups is 1. The highest BCUT2D eigenvalue weighted by Crippen LogP contribution is 2.37. The number of phenols is 1. The molecule has 0 saturated carbocycles. The fourth-order valence-electron chi connectivity index (χ4n) is 1.92. The molecule has 0 spiro atoms. The highest BCUT2D eigenvalue weighted by atomic mass is 32.2. The maximum absolute atomic E-state index is 9.19. The molecule has 3 N–H and O–H groups in total. The van der Waals surface area contributed by atoms with Gasteiger partial charge in [-0.1, -0.05) is 12.1 Å². The van der Waals surface area contributed by atoms with Crippen molar-refractivity contribution >= 4 is 11.8 Å². The van der Waals surface area contributed by atoms with Crippen molar-refractivity contribution in [2.75, 3.05) is 18.1 Å². The Morgan fingerprint density at radius 2 is 2.00 bits per heavy atom. The Labute approximate surface area is 88.5 Å². The van der Waals surface area contributed by atoms with Gasteiger partial charge in [-0.15, -0.1) is 0 Å². The molecule has 0 bridgehead atoms. The lowest BCUT2D eigenvalue weighted by atomic mass is 9.89. The maximum Gasteiger partial charge on any atom is 0.115 e. The fourth-order valence-corrected chi connectivity index (χ4v) is 3.45. The first-order valence-electron chi connectivity index (χ1n) is 4.88. The number of benzene rings is 1. The summed E-state index contributed by atoms with van der Waals surface area (Å²) in [6.45, 7) is 0.762. The molecule has 1 aliphatic rings. The van der Waals surface area contributed by atoms with Crippen LogP contribution in [0, 0.1) is 5.92 Å². The van der Waals surface area contributed by atoms with Gasteiger partial charge in [0.15, 0.2) is 0 Å². The van der Waals surface area contributed by atoms with Crippen LogP contribution in [0.15, 0.2) is 24.3 Å². The molecule has 1 aromatic rings. The summed E-state index contributed by atoms with van der Waals surface area (Å²) in [7, 11) is 0.